The molecular weight excluding hydrogens is 304 g/mol. The van der Waals surface area contributed by atoms with Gasteiger partial charge >= 0.3 is 0 Å². The first-order valence-electron chi connectivity index (χ1n) is 7.30. The Balaban J connectivity index is 1.74. The molecule has 1 N–H and O–H groups in total. The molecule has 0 saturated carbocycles. The summed E-state index contributed by atoms with van der Waals surface area (Å²) in [4.78, 5) is 10.3. The van der Waals surface area contributed by atoms with Gasteiger partial charge in [-0.15, -0.1) is 0 Å². The number of hydrogen-bond acceptors (Lipinski definition) is 5. The number of benzene rings is 1. The highest BCUT2D eigenvalue weighted by Crippen LogP contribution is 2.26. The lowest BCUT2D eigenvalue weighted by molar-refractivity contribution is 0.101. The van der Waals surface area contributed by atoms with Crippen LogP contribution in [0.25, 0.3) is 0 Å². The topological polar surface area (TPSA) is 58.5 Å². The maximum Gasteiger partial charge on any atom is 0.220 e. The lowest BCUT2D eigenvalue weighted by Crippen LogP contribution is -2.35. The third-order valence-electron chi connectivity index (χ3n) is 3.99. The van der Waals surface area contributed by atoms with E-state index >= 15 is 0 Å². The molecular formula is C16H17F2N3O2. The fourth-order valence-electron chi connectivity index (χ4n) is 2.82. The van der Waals surface area contributed by atoms with Crippen molar-refractivity contribution in [2.75, 3.05) is 20.2 Å². The lowest BCUT2D eigenvalue weighted by atomic mass is 10.0. The summed E-state index contributed by atoms with van der Waals surface area (Å²) in [5.41, 5.74) is 1.90. The number of nitrogens with zero attached hydrogens (tertiary/aromatic N) is 3. The summed E-state index contributed by atoms with van der Waals surface area (Å²) in [6.07, 6.45) is 1.14. The minimum atomic E-state index is -1.03. The van der Waals surface area contributed by atoms with Gasteiger partial charge in [0.15, 0.2) is 0 Å². The molecule has 0 aliphatic carbocycles. The minimum absolute atomic E-state index is 0.0912. The first kappa shape index (κ1) is 15.8. The van der Waals surface area contributed by atoms with Crippen molar-refractivity contribution in [1.29, 1.82) is 0 Å². The normalized spacial score (nSPS) is 16.0. The van der Waals surface area contributed by atoms with Crippen molar-refractivity contribution in [3.05, 3.63) is 53.0 Å². The van der Waals surface area contributed by atoms with Crippen molar-refractivity contribution in [2.24, 2.45) is 0 Å². The molecule has 1 aliphatic heterocycles. The van der Waals surface area contributed by atoms with Gasteiger partial charge in [-0.05, 0) is 6.07 Å². The summed E-state index contributed by atoms with van der Waals surface area (Å²) >= 11 is 0. The highest BCUT2D eigenvalue weighted by Gasteiger charge is 2.24. The fourth-order valence-corrected chi connectivity index (χ4v) is 2.82. The predicted octanol–water partition coefficient (Wildman–Crippen LogP) is 1.86. The van der Waals surface area contributed by atoms with Gasteiger partial charge in [0.1, 0.15) is 18.0 Å². The van der Waals surface area contributed by atoms with Gasteiger partial charge in [0.2, 0.25) is 5.88 Å². The number of aromatic nitrogens is 2. The number of halogens is 2. The summed E-state index contributed by atoms with van der Waals surface area (Å²) in [5, 5.41) is 10.3. The van der Waals surface area contributed by atoms with Gasteiger partial charge in [0.25, 0.3) is 0 Å². The third-order valence-corrected chi connectivity index (χ3v) is 3.99. The van der Waals surface area contributed by atoms with Crippen molar-refractivity contribution >= 4 is 0 Å². The number of hydrogen-bond donors (Lipinski definition) is 1. The molecule has 122 valence electrons. The van der Waals surface area contributed by atoms with Gasteiger partial charge < -0.3 is 9.84 Å². The molecule has 0 radical (unpaired) electrons. The Labute approximate surface area is 132 Å². The van der Waals surface area contributed by atoms with E-state index in [1.807, 2.05) is 4.90 Å². The first-order valence-corrected chi connectivity index (χ1v) is 7.30. The van der Waals surface area contributed by atoms with Gasteiger partial charge in [0, 0.05) is 43.2 Å². The van der Waals surface area contributed by atoms with E-state index in [9.17, 15) is 13.9 Å². The molecule has 1 aliphatic rings. The van der Waals surface area contributed by atoms with E-state index in [0.29, 0.717) is 25.4 Å². The number of aliphatic hydroxyl groups is 1. The zero-order valence-corrected chi connectivity index (χ0v) is 12.7. The number of fused-ring (bicyclic) bond motifs is 1. The van der Waals surface area contributed by atoms with E-state index < -0.39 is 17.7 Å². The van der Waals surface area contributed by atoms with Crippen LogP contribution in [-0.4, -0.2) is 40.2 Å². The molecule has 2 heterocycles. The molecule has 3 rings (SSSR count). The molecule has 1 aromatic carbocycles. The Hall–Kier alpha value is -2.12. The monoisotopic (exact) mass is 321 g/mol. The molecule has 0 saturated heterocycles. The Bertz CT molecular complexity index is 697. The van der Waals surface area contributed by atoms with Crippen LogP contribution in [0.4, 0.5) is 8.78 Å². The van der Waals surface area contributed by atoms with Crippen LogP contribution >= 0.6 is 0 Å². The van der Waals surface area contributed by atoms with Crippen molar-refractivity contribution in [3.63, 3.8) is 0 Å². The molecule has 0 spiro atoms. The van der Waals surface area contributed by atoms with Crippen LogP contribution in [-0.2, 0) is 13.0 Å². The second-order valence-corrected chi connectivity index (χ2v) is 5.47. The molecule has 5 nitrogen and oxygen atoms in total. The molecule has 0 unspecified atom stereocenters. The molecule has 0 bridgehead atoms. The SMILES string of the molecule is COc1ncnc2c1CN(C[C@H](O)c1ccc(F)cc1F)CC2. The summed E-state index contributed by atoms with van der Waals surface area (Å²) in [6, 6.07) is 3.20. The van der Waals surface area contributed by atoms with E-state index in [2.05, 4.69) is 9.97 Å². The Kier molecular flexibility index (Phi) is 4.49. The Morgan fingerprint density at radius 1 is 1.35 bits per heavy atom. The summed E-state index contributed by atoms with van der Waals surface area (Å²) in [7, 11) is 1.55. The van der Waals surface area contributed by atoms with E-state index in [-0.39, 0.29) is 12.1 Å². The van der Waals surface area contributed by atoms with Crippen LogP contribution in [0.1, 0.15) is 22.9 Å². The summed E-state index contributed by atoms with van der Waals surface area (Å²) in [5.74, 6) is -0.884. The van der Waals surface area contributed by atoms with Gasteiger partial charge in [-0.1, -0.05) is 6.07 Å². The van der Waals surface area contributed by atoms with Crippen molar-refractivity contribution in [2.45, 2.75) is 19.1 Å². The Morgan fingerprint density at radius 3 is 2.91 bits per heavy atom. The third kappa shape index (κ3) is 3.30. The van der Waals surface area contributed by atoms with Crippen LogP contribution in [0, 0.1) is 11.6 Å². The molecule has 7 heteroatoms. The standard InChI is InChI=1S/C16H17F2N3O2/c1-23-16-12-7-21(5-4-14(12)19-9-20-16)8-15(22)11-3-2-10(17)6-13(11)18/h2-3,6,9,15,22H,4-5,7-8H2,1H3/t15-/m0/s1. The molecule has 23 heavy (non-hydrogen) atoms. The lowest BCUT2D eigenvalue weighted by Gasteiger charge is -2.30. The number of ether oxygens (including phenoxy) is 1. The summed E-state index contributed by atoms with van der Waals surface area (Å²) < 4.78 is 32.0. The number of β-amino-alcohol motifs (C(OH)–C–C–N with tert-alkyl or cyclic N) is 1. The van der Waals surface area contributed by atoms with Crippen LogP contribution in [0.2, 0.25) is 0 Å². The average Bonchev–Trinajstić information content (AvgIpc) is 2.54. The van der Waals surface area contributed by atoms with Crippen LogP contribution in [0.5, 0.6) is 5.88 Å². The van der Waals surface area contributed by atoms with Crippen molar-refractivity contribution in [1.82, 2.24) is 14.9 Å². The van der Waals surface area contributed by atoms with E-state index in [0.717, 1.165) is 23.4 Å². The second-order valence-electron chi connectivity index (χ2n) is 5.47. The fraction of sp³-hybridized carbons (Fsp3) is 0.375. The predicted molar refractivity (Wildman–Crippen MR) is 78.9 cm³/mol. The number of rotatable bonds is 4. The number of aliphatic hydroxyl groups excluding tert-OH is 1. The van der Waals surface area contributed by atoms with E-state index in [1.165, 1.54) is 12.4 Å². The Morgan fingerprint density at radius 2 is 2.17 bits per heavy atom. The van der Waals surface area contributed by atoms with Gasteiger partial charge in [-0.2, -0.15) is 0 Å². The zero-order valence-electron chi connectivity index (χ0n) is 12.7. The summed E-state index contributed by atoms with van der Waals surface area (Å²) in [6.45, 7) is 1.44. The van der Waals surface area contributed by atoms with Gasteiger partial charge in [0.05, 0.1) is 18.9 Å². The first-order chi connectivity index (χ1) is 11.1. The molecule has 1 atom stereocenters. The van der Waals surface area contributed by atoms with Crippen molar-refractivity contribution < 1.29 is 18.6 Å². The molecule has 0 fully saturated rings. The van der Waals surface area contributed by atoms with E-state index in [1.54, 1.807) is 7.11 Å². The number of methoxy groups -OCH3 is 1. The second kappa shape index (κ2) is 6.55. The largest absolute Gasteiger partial charge is 0.481 e. The highest BCUT2D eigenvalue weighted by molar-refractivity contribution is 5.31. The zero-order chi connectivity index (χ0) is 16.4. The van der Waals surface area contributed by atoms with Gasteiger partial charge in [-0.3, -0.25) is 4.90 Å². The maximum atomic E-state index is 13.8. The maximum absolute atomic E-state index is 13.8. The molecule has 1 aromatic heterocycles. The van der Waals surface area contributed by atoms with Gasteiger partial charge in [-0.25, -0.2) is 18.7 Å². The molecule has 2 aromatic rings. The quantitative estimate of drug-likeness (QED) is 0.931. The highest BCUT2D eigenvalue weighted by atomic mass is 19.1. The van der Waals surface area contributed by atoms with Crippen LogP contribution in [0.15, 0.2) is 24.5 Å². The van der Waals surface area contributed by atoms with Crippen LogP contribution < -0.4 is 4.74 Å². The van der Waals surface area contributed by atoms with Crippen LogP contribution in [0.3, 0.4) is 0 Å². The minimum Gasteiger partial charge on any atom is -0.481 e. The molecule has 0 amide bonds. The van der Waals surface area contributed by atoms with Crippen molar-refractivity contribution in [3.8, 4) is 5.88 Å². The smallest absolute Gasteiger partial charge is 0.220 e. The van der Waals surface area contributed by atoms with E-state index in [4.69, 9.17) is 4.74 Å². The average molecular weight is 321 g/mol.